The Balaban J connectivity index is 0.00000486. The minimum atomic E-state index is -3.20. The third-order valence-electron chi connectivity index (χ3n) is 9.18. The van der Waals surface area contributed by atoms with E-state index in [1.165, 1.54) is 21.5 Å². The average Bonchev–Trinajstić information content (AvgIpc) is 3.16. The number of benzene rings is 5. The number of nitrogens with one attached hydrogen (secondary N) is 3. The van der Waals surface area contributed by atoms with Crippen LogP contribution in [0, 0.1) is 0 Å². The van der Waals surface area contributed by atoms with Crippen LogP contribution in [0.3, 0.4) is 0 Å². The van der Waals surface area contributed by atoms with Gasteiger partial charge in [0.25, 0.3) is 5.96 Å². The summed E-state index contributed by atoms with van der Waals surface area (Å²) in [6.07, 6.45) is 5.70. The Kier molecular flexibility index (Phi) is 12.9. The fraction of sp³-hybridized carbons (Fsp3) is 0.220. The number of rotatable bonds is 15. The molecule has 0 aromatic heterocycles. The van der Waals surface area contributed by atoms with Crippen molar-refractivity contribution in [3.8, 4) is 5.75 Å². The van der Waals surface area contributed by atoms with Gasteiger partial charge in [0.05, 0.1) is 6.54 Å². The van der Waals surface area contributed by atoms with Crippen molar-refractivity contribution in [2.45, 2.75) is 38.3 Å². The fourth-order valence-corrected chi connectivity index (χ4v) is 12.8. The molecular weight excluding hydrogens is 680 g/mol. The smallest absolute Gasteiger partial charge is 0.352 e. The van der Waals surface area contributed by atoms with E-state index in [4.69, 9.17) is 21.7 Å². The van der Waals surface area contributed by atoms with Crippen LogP contribution in [0.4, 0.5) is 0 Å². The molecule has 5 aromatic carbocycles. The van der Waals surface area contributed by atoms with Crippen LogP contribution in [0.25, 0.3) is 0 Å². The zero-order valence-electron chi connectivity index (χ0n) is 28.2. The Bertz CT molecular complexity index is 1730. The van der Waals surface area contributed by atoms with Crippen LogP contribution >= 0.6 is 17.2 Å². The standard InChI is InChI=1S/C41H45ClN5OP.ClH/c42-49(36-19-9-4-10-20-36,37-21-11-5-12-22-37,38-23-13-6-14-24-38)32-16-2-1-15-31-48-35-27-25-34(26-28-35)39-45-40(43)47-41(46-39)44-30-29-33-17-7-3-8-18-33;/h3-14,17-28,39H,1-2,15-16,29-32H2,(H4,43,44,45,46,47);1H. The van der Waals surface area contributed by atoms with Crippen molar-refractivity contribution in [2.24, 2.45) is 10.7 Å². The number of guanidine groups is 2. The maximum Gasteiger partial charge on any atom is 0.352 e. The van der Waals surface area contributed by atoms with Gasteiger partial charge in [0.1, 0.15) is 0 Å². The van der Waals surface area contributed by atoms with Crippen molar-refractivity contribution in [3.63, 3.8) is 0 Å². The van der Waals surface area contributed by atoms with Gasteiger partial charge in [-0.3, -0.25) is 10.3 Å². The van der Waals surface area contributed by atoms with Crippen LogP contribution in [0.15, 0.2) is 151 Å². The maximum atomic E-state index is 8.20. The third kappa shape index (κ3) is 8.68. The quantitative estimate of drug-likeness (QED) is 0.0988. The molecule has 0 saturated carbocycles. The van der Waals surface area contributed by atoms with Crippen LogP contribution in [0.5, 0.6) is 5.75 Å². The van der Waals surface area contributed by atoms with Crippen molar-refractivity contribution < 1.29 is 22.1 Å². The molecule has 5 N–H and O–H groups in total. The zero-order chi connectivity index (χ0) is 33.8. The summed E-state index contributed by atoms with van der Waals surface area (Å²) in [6, 6.07) is 50.7. The van der Waals surface area contributed by atoms with E-state index in [-0.39, 0.29) is 18.6 Å². The minimum absolute atomic E-state index is 0. The summed E-state index contributed by atoms with van der Waals surface area (Å²) in [5, 5.41) is 10.2. The Morgan fingerprint density at radius 2 is 1.20 bits per heavy atom. The largest absolute Gasteiger partial charge is 1.00 e. The van der Waals surface area contributed by atoms with E-state index in [0.29, 0.717) is 12.6 Å². The second-order valence-electron chi connectivity index (χ2n) is 12.5. The van der Waals surface area contributed by atoms with Crippen molar-refractivity contribution in [3.05, 3.63) is 157 Å². The molecule has 1 heterocycles. The van der Waals surface area contributed by atoms with Crippen LogP contribution < -0.4 is 54.4 Å². The summed E-state index contributed by atoms with van der Waals surface area (Å²) in [6.45, 7) is 1.44. The van der Waals surface area contributed by atoms with Gasteiger partial charge < -0.3 is 18.1 Å². The van der Waals surface area contributed by atoms with Crippen molar-refractivity contribution in [1.82, 2.24) is 10.6 Å². The monoisotopic (exact) mass is 725 g/mol. The van der Waals surface area contributed by atoms with Gasteiger partial charge in [0.15, 0.2) is 0 Å². The van der Waals surface area contributed by atoms with Gasteiger partial charge in [0, 0.05) is 6.42 Å². The first kappa shape index (κ1) is 36.9. The Morgan fingerprint density at radius 3 is 1.76 bits per heavy atom. The zero-order valence-corrected chi connectivity index (χ0v) is 30.6. The molecule has 1 aliphatic heterocycles. The van der Waals surface area contributed by atoms with Crippen LogP contribution in [0.2, 0.25) is 0 Å². The van der Waals surface area contributed by atoms with Gasteiger partial charge in [0.2, 0.25) is 0 Å². The van der Waals surface area contributed by atoms with Gasteiger partial charge in [-0.1, -0.05) is 30.3 Å². The van der Waals surface area contributed by atoms with Crippen molar-refractivity contribution in [2.75, 3.05) is 19.3 Å². The minimum Gasteiger partial charge on any atom is -1.00 e. The molecular formula is C41H46Cl2N5OP. The number of ether oxygens (including phenoxy) is 1. The third-order valence-corrected chi connectivity index (χ3v) is 16.7. The number of aliphatic imine (C=N–C) groups is 1. The summed E-state index contributed by atoms with van der Waals surface area (Å²) in [4.78, 5) is 7.95. The number of hydrogen-bond acceptors (Lipinski definition) is 3. The van der Waals surface area contributed by atoms with Crippen LogP contribution in [0.1, 0.15) is 43.0 Å². The Labute approximate surface area is 307 Å². The van der Waals surface area contributed by atoms with Gasteiger partial charge in [-0.15, -0.1) is 0 Å². The molecule has 260 valence electrons. The molecule has 50 heavy (non-hydrogen) atoms. The molecule has 1 aliphatic rings. The molecule has 9 heteroatoms. The van der Waals surface area contributed by atoms with E-state index in [0.717, 1.165) is 62.1 Å². The first-order chi connectivity index (χ1) is 24.0. The molecule has 1 unspecified atom stereocenters. The van der Waals surface area contributed by atoms with Crippen molar-refractivity contribution in [1.29, 1.82) is 0 Å². The van der Waals surface area contributed by atoms with E-state index in [2.05, 4.69) is 136 Å². The molecule has 0 amide bonds. The topological polar surface area (TPSA) is 85.6 Å². The Hall–Kier alpha value is -4.35. The number of hydrogen-bond donors (Lipinski definition) is 4. The number of nitrogens with two attached hydrogens (primary N) is 1. The van der Waals surface area contributed by atoms with Gasteiger partial charge in [-0.05, 0) is 5.56 Å². The predicted octanol–water partition coefficient (Wildman–Crippen LogP) is 2.50. The molecule has 6 nitrogen and oxygen atoms in total. The second kappa shape index (κ2) is 17.5. The molecule has 0 spiro atoms. The molecule has 5 aromatic rings. The van der Waals surface area contributed by atoms with Gasteiger partial charge in [-0.25, -0.2) is 5.32 Å². The fourth-order valence-electron chi connectivity index (χ4n) is 6.59. The summed E-state index contributed by atoms with van der Waals surface area (Å²) in [5.41, 5.74) is 8.40. The molecule has 0 aliphatic carbocycles. The van der Waals surface area contributed by atoms with E-state index in [1.807, 2.05) is 30.3 Å². The SMILES string of the molecule is NC1=NC(c2ccc(OCCCCCCP(Cl)(c3ccccc3)(c3ccccc3)c3ccccc3)cc2)NC(=[NH+]CCc2ccccc2)N1.[Cl-]. The maximum absolute atomic E-state index is 8.20. The second-order valence-corrected chi connectivity index (χ2v) is 19.1. The number of halogens is 2. The molecule has 0 radical (unpaired) electrons. The molecule has 0 bridgehead atoms. The number of unbranched alkanes of at least 4 members (excludes halogenated alkanes) is 3. The summed E-state index contributed by atoms with van der Waals surface area (Å²) >= 11 is 8.20. The summed E-state index contributed by atoms with van der Waals surface area (Å²) in [7, 11) is 0. The van der Waals surface area contributed by atoms with Crippen molar-refractivity contribution >= 4 is 45.0 Å². The van der Waals surface area contributed by atoms with Crippen LogP contribution in [-0.4, -0.2) is 31.2 Å². The van der Waals surface area contributed by atoms with E-state index >= 15 is 0 Å². The summed E-state index contributed by atoms with van der Waals surface area (Å²) < 4.78 is 6.13. The first-order valence-electron chi connectivity index (χ1n) is 17.2. The predicted molar refractivity (Wildman–Crippen MR) is 208 cm³/mol. The molecule has 1 atom stereocenters. The molecule has 6 rings (SSSR count). The Morgan fingerprint density at radius 1 is 0.680 bits per heavy atom. The van der Waals surface area contributed by atoms with E-state index < -0.39 is 5.96 Å². The van der Waals surface area contributed by atoms with E-state index in [1.54, 1.807) is 0 Å². The average molecular weight is 727 g/mol. The normalized spacial score (nSPS) is 15.8. The molecule has 0 fully saturated rings. The number of nitrogens with zero attached hydrogens (tertiary/aromatic N) is 1. The first-order valence-corrected chi connectivity index (χ1v) is 20.5. The van der Waals surface area contributed by atoms with E-state index in [9.17, 15) is 0 Å². The van der Waals surface area contributed by atoms with Gasteiger partial charge >= 0.3 is 215 Å². The molecule has 0 saturated heterocycles. The van der Waals surface area contributed by atoms with Crippen LogP contribution in [-0.2, 0) is 6.42 Å². The summed E-state index contributed by atoms with van der Waals surface area (Å²) in [5.74, 6) is -1.22. The van der Waals surface area contributed by atoms with Gasteiger partial charge in [-0.2, -0.15) is 4.99 Å².